The first-order valence-electron chi connectivity index (χ1n) is 10.2. The van der Waals surface area contributed by atoms with Crippen LogP contribution in [-0.4, -0.2) is 81.8 Å². The molecule has 0 aliphatic heterocycles. The highest BCUT2D eigenvalue weighted by molar-refractivity contribution is 5.93. The number of carbonyl (C=O) groups excluding carboxylic acids is 4. The van der Waals surface area contributed by atoms with Gasteiger partial charge in [0.15, 0.2) is 5.96 Å². The first-order valence-corrected chi connectivity index (χ1v) is 10.2. The molecule has 16 nitrogen and oxygen atoms in total. The maximum absolute atomic E-state index is 12.6. The van der Waals surface area contributed by atoms with Crippen molar-refractivity contribution < 1.29 is 29.1 Å². The number of hydrogen-bond acceptors (Lipinski definition) is 8. The number of H-pyrrole nitrogens is 1. The van der Waals surface area contributed by atoms with E-state index in [2.05, 4.69) is 30.9 Å². The largest absolute Gasteiger partial charge is 0.480 e. The van der Waals surface area contributed by atoms with E-state index in [-0.39, 0.29) is 25.3 Å². The van der Waals surface area contributed by atoms with E-state index in [9.17, 15) is 29.1 Å². The van der Waals surface area contributed by atoms with Gasteiger partial charge in [-0.1, -0.05) is 0 Å². The number of carboxylic acids is 1. The Morgan fingerprint density at radius 2 is 1.79 bits per heavy atom. The average Bonchev–Trinajstić information content (AvgIpc) is 3.26. The monoisotopic (exact) mass is 482 g/mol. The van der Waals surface area contributed by atoms with E-state index >= 15 is 0 Å². The van der Waals surface area contributed by atoms with Crippen molar-refractivity contribution in [3.63, 3.8) is 0 Å². The fourth-order valence-corrected chi connectivity index (χ4v) is 2.71. The number of aliphatic imine (C=N–C) groups is 1. The third-order valence-corrected chi connectivity index (χ3v) is 4.37. The first kappa shape index (κ1) is 27.8. The smallest absolute Gasteiger partial charge is 0.326 e. The molecule has 3 unspecified atom stereocenters. The number of carboxylic acid groups (broad SMARTS) is 1. The summed E-state index contributed by atoms with van der Waals surface area (Å²) in [6.07, 6.45) is 2.69. The molecule has 1 heterocycles. The van der Waals surface area contributed by atoms with Gasteiger partial charge in [-0.15, -0.1) is 0 Å². The predicted molar refractivity (Wildman–Crippen MR) is 118 cm³/mol. The molecule has 16 heteroatoms. The van der Waals surface area contributed by atoms with Gasteiger partial charge in [-0.2, -0.15) is 0 Å². The zero-order chi connectivity index (χ0) is 25.7. The van der Waals surface area contributed by atoms with Gasteiger partial charge in [0.2, 0.25) is 23.6 Å². The molecule has 34 heavy (non-hydrogen) atoms. The van der Waals surface area contributed by atoms with Crippen LogP contribution in [0.2, 0.25) is 0 Å². The van der Waals surface area contributed by atoms with E-state index in [0.29, 0.717) is 12.1 Å². The number of hydrogen-bond donors (Lipinski definition) is 9. The summed E-state index contributed by atoms with van der Waals surface area (Å²) in [6.45, 7) is -0.386. The number of aliphatic carboxylic acids is 1. The van der Waals surface area contributed by atoms with Gasteiger partial charge >= 0.3 is 5.97 Å². The van der Waals surface area contributed by atoms with Crippen LogP contribution in [0.5, 0.6) is 0 Å². The molecule has 1 aromatic rings. The van der Waals surface area contributed by atoms with Gasteiger partial charge in [-0.3, -0.25) is 24.2 Å². The maximum atomic E-state index is 12.6. The lowest BCUT2D eigenvalue weighted by Gasteiger charge is -2.20. The third-order valence-electron chi connectivity index (χ3n) is 4.37. The zero-order valence-electron chi connectivity index (χ0n) is 18.3. The fraction of sp³-hybridized carbons (Fsp3) is 0.500. The van der Waals surface area contributed by atoms with Crippen LogP contribution in [0, 0.1) is 0 Å². The van der Waals surface area contributed by atoms with E-state index in [1.807, 2.05) is 0 Å². The number of nitrogens with two attached hydrogens (primary N) is 4. The second kappa shape index (κ2) is 14.0. The number of amides is 4. The summed E-state index contributed by atoms with van der Waals surface area (Å²) in [7, 11) is 0. The normalized spacial score (nSPS) is 13.1. The Hall–Kier alpha value is -4.21. The molecule has 0 aliphatic rings. The summed E-state index contributed by atoms with van der Waals surface area (Å²) >= 11 is 0. The van der Waals surface area contributed by atoms with Gasteiger partial charge in [-0.25, -0.2) is 9.78 Å². The second-order valence-corrected chi connectivity index (χ2v) is 7.24. The summed E-state index contributed by atoms with van der Waals surface area (Å²) in [4.78, 5) is 69.6. The minimum Gasteiger partial charge on any atom is -0.480 e. The average molecular weight is 483 g/mol. The number of primary amides is 1. The van der Waals surface area contributed by atoms with Gasteiger partial charge in [0.25, 0.3) is 0 Å². The fourth-order valence-electron chi connectivity index (χ4n) is 2.71. The van der Waals surface area contributed by atoms with Gasteiger partial charge in [0.05, 0.1) is 25.3 Å². The number of aromatic nitrogens is 2. The minimum absolute atomic E-state index is 0.0454. The summed E-state index contributed by atoms with van der Waals surface area (Å²) in [6, 6.07) is -3.66. The second-order valence-electron chi connectivity index (χ2n) is 7.24. The quantitative estimate of drug-likeness (QED) is 0.0654. The Balaban J connectivity index is 2.70. The maximum Gasteiger partial charge on any atom is 0.326 e. The predicted octanol–water partition coefficient (Wildman–Crippen LogP) is -4.62. The number of nitrogens with zero attached hydrogens (tertiary/aromatic N) is 2. The molecule has 4 amide bonds. The molecule has 1 rings (SSSR count). The van der Waals surface area contributed by atoms with E-state index in [1.165, 1.54) is 12.5 Å². The highest BCUT2D eigenvalue weighted by atomic mass is 16.4. The topological polar surface area (TPSA) is 287 Å². The first-order chi connectivity index (χ1) is 16.0. The van der Waals surface area contributed by atoms with Crippen LogP contribution in [0.15, 0.2) is 17.5 Å². The summed E-state index contributed by atoms with van der Waals surface area (Å²) in [5, 5.41) is 16.3. The lowest BCUT2D eigenvalue weighted by Crippen LogP contribution is -2.54. The molecule has 0 aliphatic carbocycles. The van der Waals surface area contributed by atoms with Crippen molar-refractivity contribution >= 4 is 35.6 Å². The van der Waals surface area contributed by atoms with Gasteiger partial charge in [0, 0.05) is 24.9 Å². The van der Waals surface area contributed by atoms with E-state index in [4.69, 9.17) is 22.9 Å². The van der Waals surface area contributed by atoms with Gasteiger partial charge < -0.3 is 49.0 Å². The Labute approximate surface area is 194 Å². The van der Waals surface area contributed by atoms with Crippen molar-refractivity contribution in [3.05, 3.63) is 18.2 Å². The Morgan fingerprint density at radius 3 is 2.35 bits per heavy atom. The van der Waals surface area contributed by atoms with Crippen molar-refractivity contribution in [2.24, 2.45) is 27.9 Å². The lowest BCUT2D eigenvalue weighted by atomic mass is 10.1. The molecule has 13 N–H and O–H groups in total. The van der Waals surface area contributed by atoms with Crippen LogP contribution < -0.4 is 38.9 Å². The van der Waals surface area contributed by atoms with Crippen LogP contribution >= 0.6 is 0 Å². The summed E-state index contributed by atoms with van der Waals surface area (Å²) < 4.78 is 0. The summed E-state index contributed by atoms with van der Waals surface area (Å²) in [5.41, 5.74) is 21.6. The molecule has 0 saturated carbocycles. The van der Waals surface area contributed by atoms with Crippen molar-refractivity contribution in [1.82, 2.24) is 25.9 Å². The standard InChI is InChI=1S/C18H30N10O6/c19-10(5-13(20)29)15(31)28-11(2-1-3-24-18(21)22)16(32)25-7-14(30)27-12(17(33)34)4-9-6-23-8-26-9/h6,8,10-12H,1-5,7,19H2,(H2,20,29)(H,23,26)(H,25,32)(H,27,30)(H,28,31)(H,33,34)(H4,21,22,24). The van der Waals surface area contributed by atoms with Crippen molar-refractivity contribution in [3.8, 4) is 0 Å². The molecular formula is C18H30N10O6. The molecule has 188 valence electrons. The van der Waals surface area contributed by atoms with Crippen LogP contribution in [0.3, 0.4) is 0 Å². The molecular weight excluding hydrogens is 452 g/mol. The molecule has 0 radical (unpaired) electrons. The number of nitrogens with one attached hydrogen (secondary N) is 4. The molecule has 3 atom stereocenters. The zero-order valence-corrected chi connectivity index (χ0v) is 18.3. The third kappa shape index (κ3) is 10.9. The van der Waals surface area contributed by atoms with E-state index < -0.39 is 60.7 Å². The molecule has 0 fully saturated rings. The van der Waals surface area contributed by atoms with Crippen molar-refractivity contribution in [2.45, 2.75) is 43.8 Å². The molecule has 0 aromatic carbocycles. The van der Waals surface area contributed by atoms with Crippen molar-refractivity contribution in [1.29, 1.82) is 0 Å². The number of carbonyl (C=O) groups is 5. The Kier molecular flexibility index (Phi) is 11.5. The van der Waals surface area contributed by atoms with E-state index in [0.717, 1.165) is 0 Å². The SMILES string of the molecule is NC(=O)CC(N)C(=O)NC(CCCN=C(N)N)C(=O)NCC(=O)NC(Cc1cnc[nH]1)C(=O)O. The molecule has 0 spiro atoms. The number of imidazole rings is 1. The van der Waals surface area contributed by atoms with Crippen LogP contribution in [-0.2, 0) is 30.4 Å². The van der Waals surface area contributed by atoms with Crippen LogP contribution in [0.4, 0.5) is 0 Å². The molecule has 0 bridgehead atoms. The van der Waals surface area contributed by atoms with Crippen LogP contribution in [0.1, 0.15) is 25.0 Å². The number of rotatable bonds is 15. The highest BCUT2D eigenvalue weighted by Gasteiger charge is 2.26. The number of aromatic amines is 1. The van der Waals surface area contributed by atoms with Gasteiger partial charge in [0.1, 0.15) is 12.1 Å². The van der Waals surface area contributed by atoms with Crippen molar-refractivity contribution in [2.75, 3.05) is 13.1 Å². The molecule has 1 aromatic heterocycles. The minimum atomic E-state index is -1.28. The lowest BCUT2D eigenvalue weighted by molar-refractivity contribution is -0.141. The Morgan fingerprint density at radius 1 is 1.09 bits per heavy atom. The van der Waals surface area contributed by atoms with Gasteiger partial charge in [-0.05, 0) is 12.8 Å². The van der Waals surface area contributed by atoms with Crippen LogP contribution in [0.25, 0.3) is 0 Å². The Bertz CT molecular complexity index is 884. The van der Waals surface area contributed by atoms with E-state index in [1.54, 1.807) is 0 Å². The summed E-state index contributed by atoms with van der Waals surface area (Å²) in [5.74, 6) is -4.51. The molecule has 0 saturated heterocycles. The highest BCUT2D eigenvalue weighted by Crippen LogP contribution is 2.01. The number of guanidine groups is 1.